The van der Waals surface area contributed by atoms with Crippen LogP contribution in [0.5, 0.6) is 0 Å². The van der Waals surface area contributed by atoms with Crippen LogP contribution >= 0.6 is 0 Å². The molecule has 3 rings (SSSR count). The average Bonchev–Trinajstić information content (AvgIpc) is 3.31. The van der Waals surface area contributed by atoms with Crippen LogP contribution in [0.2, 0.25) is 0 Å². The number of hydrogen-bond donors (Lipinski definition) is 1. The molecular weight excluding hydrogens is 502 g/mol. The fraction of sp³-hybridized carbons (Fsp3) is 0.586. The zero-order chi connectivity index (χ0) is 29.6. The summed E-state index contributed by atoms with van der Waals surface area (Å²) < 4.78 is 16.3. The van der Waals surface area contributed by atoms with Crippen molar-refractivity contribution in [1.29, 1.82) is 0 Å². The first kappa shape index (κ1) is 30.0. The molecule has 1 N–H and O–H groups in total. The molecule has 214 valence electrons. The molecule has 10 nitrogen and oxygen atoms in total. The Morgan fingerprint density at radius 2 is 1.56 bits per heavy atom. The largest absolute Gasteiger partial charge is 0.468 e. The van der Waals surface area contributed by atoms with E-state index in [4.69, 9.17) is 9.47 Å². The molecule has 0 aromatic heterocycles. The molecular formula is C29H41N3O7. The maximum Gasteiger partial charge on any atom is 0.416 e. The summed E-state index contributed by atoms with van der Waals surface area (Å²) in [5, 5.41) is 2.58. The molecule has 3 amide bonds. The second-order valence-electron chi connectivity index (χ2n) is 12.5. The van der Waals surface area contributed by atoms with Crippen LogP contribution < -0.4 is 10.2 Å². The minimum atomic E-state index is -1.08. The predicted molar refractivity (Wildman–Crippen MR) is 146 cm³/mol. The number of nitrogens with zero attached hydrogens (tertiary/aromatic N) is 2. The molecule has 39 heavy (non-hydrogen) atoms. The number of methoxy groups -OCH3 is 1. The number of ether oxygens (including phenoxy) is 3. The number of carbonyl (C=O) groups is 4. The number of rotatable bonds is 5. The summed E-state index contributed by atoms with van der Waals surface area (Å²) in [6, 6.07) is 6.30. The number of anilines is 1. The van der Waals surface area contributed by atoms with E-state index in [-0.39, 0.29) is 13.0 Å². The standard InChI is InChI=1S/C29H41N3O7/c1-11-28(8,9)29-16-20(22(34)30-17-21(33)37-10)32(25(36)39-27(5,6)7)23(29)31(24(35)38-26(2,3)4)19-15-13-12-14-18(19)29/h11-15,20,23H,1,16-17H2,2-10H3,(H,30,34)/t20-,23-,29+/m0/s1. The number of esters is 1. The van der Waals surface area contributed by atoms with Crippen molar-refractivity contribution in [2.24, 2.45) is 5.41 Å². The number of likely N-dealkylation sites (tertiary alicyclic amines) is 1. The third-order valence-electron chi connectivity index (χ3n) is 7.24. The summed E-state index contributed by atoms with van der Waals surface area (Å²) in [4.78, 5) is 55.9. The van der Waals surface area contributed by atoms with Gasteiger partial charge < -0.3 is 19.5 Å². The van der Waals surface area contributed by atoms with Crippen LogP contribution in [0.15, 0.2) is 36.9 Å². The maximum atomic E-state index is 13.9. The van der Waals surface area contributed by atoms with Crippen molar-refractivity contribution in [3.8, 4) is 0 Å². The Kier molecular flexibility index (Phi) is 7.84. The van der Waals surface area contributed by atoms with Crippen molar-refractivity contribution in [1.82, 2.24) is 10.2 Å². The molecule has 1 saturated heterocycles. The van der Waals surface area contributed by atoms with Gasteiger partial charge in [0, 0.05) is 5.41 Å². The van der Waals surface area contributed by atoms with Gasteiger partial charge >= 0.3 is 18.2 Å². The molecule has 1 aromatic carbocycles. The number of carbonyl (C=O) groups excluding carboxylic acids is 4. The molecule has 1 fully saturated rings. The van der Waals surface area contributed by atoms with E-state index < -0.39 is 58.3 Å². The lowest BCUT2D eigenvalue weighted by Gasteiger charge is -2.45. The van der Waals surface area contributed by atoms with Gasteiger partial charge in [0.1, 0.15) is 30.0 Å². The lowest BCUT2D eigenvalue weighted by molar-refractivity contribution is -0.141. The maximum absolute atomic E-state index is 13.9. The van der Waals surface area contributed by atoms with E-state index in [1.807, 2.05) is 32.0 Å². The van der Waals surface area contributed by atoms with Crippen molar-refractivity contribution in [3.63, 3.8) is 0 Å². The Morgan fingerprint density at radius 3 is 2.10 bits per heavy atom. The van der Waals surface area contributed by atoms with E-state index in [0.717, 1.165) is 5.56 Å². The summed E-state index contributed by atoms with van der Waals surface area (Å²) in [6.45, 7) is 18.1. The van der Waals surface area contributed by atoms with Gasteiger partial charge in [-0.15, -0.1) is 6.58 Å². The van der Waals surface area contributed by atoms with Crippen LogP contribution in [0.1, 0.15) is 67.4 Å². The molecule has 2 heterocycles. The van der Waals surface area contributed by atoms with Crippen LogP contribution in [-0.4, -0.2) is 66.0 Å². The lowest BCUT2D eigenvalue weighted by atomic mass is 9.60. The number of fused-ring (bicyclic) bond motifs is 3. The van der Waals surface area contributed by atoms with E-state index in [2.05, 4.69) is 16.6 Å². The Balaban J connectivity index is 2.29. The molecule has 2 aliphatic rings. The van der Waals surface area contributed by atoms with Crippen LogP contribution in [0.4, 0.5) is 15.3 Å². The molecule has 3 atom stereocenters. The third-order valence-corrected chi connectivity index (χ3v) is 7.24. The summed E-state index contributed by atoms with van der Waals surface area (Å²) in [6.07, 6.45) is -0.502. The monoisotopic (exact) mass is 543 g/mol. The van der Waals surface area contributed by atoms with Crippen molar-refractivity contribution in [3.05, 3.63) is 42.5 Å². The summed E-state index contributed by atoms with van der Waals surface area (Å²) in [5.74, 6) is -1.20. The number of allylic oxidation sites excluding steroid dienone is 1. The second kappa shape index (κ2) is 10.2. The van der Waals surface area contributed by atoms with Gasteiger partial charge in [0.15, 0.2) is 0 Å². The van der Waals surface area contributed by atoms with Crippen LogP contribution in [0, 0.1) is 5.41 Å². The molecule has 0 spiro atoms. The highest BCUT2D eigenvalue weighted by molar-refractivity contribution is 5.97. The number of hydrogen-bond acceptors (Lipinski definition) is 7. The SMILES string of the molecule is C=CC(C)(C)[C@@]12C[C@@H](C(=O)NCC(=O)OC)N(C(=O)OC(C)(C)C)[C@@H]1N(C(=O)OC(C)(C)C)c1ccccc12. The van der Waals surface area contributed by atoms with Gasteiger partial charge in [0.2, 0.25) is 5.91 Å². The quantitative estimate of drug-likeness (QED) is 0.330. The molecule has 0 unspecified atom stereocenters. The molecule has 2 aliphatic heterocycles. The number of nitrogens with one attached hydrogen (secondary N) is 1. The van der Waals surface area contributed by atoms with Crippen molar-refractivity contribution < 1.29 is 33.4 Å². The van der Waals surface area contributed by atoms with Crippen molar-refractivity contribution >= 4 is 29.8 Å². The molecule has 0 bridgehead atoms. The summed E-state index contributed by atoms with van der Waals surface area (Å²) in [7, 11) is 1.22. The van der Waals surface area contributed by atoms with E-state index >= 15 is 0 Å². The fourth-order valence-corrected chi connectivity index (χ4v) is 5.45. The number of amides is 3. The highest BCUT2D eigenvalue weighted by Gasteiger charge is 2.69. The first-order valence-corrected chi connectivity index (χ1v) is 13.0. The fourth-order valence-electron chi connectivity index (χ4n) is 5.45. The lowest BCUT2D eigenvalue weighted by Crippen LogP contribution is -2.60. The molecule has 10 heteroatoms. The smallest absolute Gasteiger partial charge is 0.416 e. The normalized spacial score (nSPS) is 22.5. The molecule has 0 aliphatic carbocycles. The van der Waals surface area contributed by atoms with Crippen LogP contribution in [0.25, 0.3) is 0 Å². The first-order chi connectivity index (χ1) is 17.9. The van der Waals surface area contributed by atoms with Gasteiger partial charge in [0.05, 0.1) is 12.8 Å². The molecule has 0 saturated carbocycles. The Hall–Kier alpha value is -3.56. The van der Waals surface area contributed by atoms with Crippen molar-refractivity contribution in [2.45, 2.75) is 90.6 Å². The van der Waals surface area contributed by atoms with Gasteiger partial charge in [-0.25, -0.2) is 9.59 Å². The molecule has 0 radical (unpaired) electrons. The predicted octanol–water partition coefficient (Wildman–Crippen LogP) is 4.52. The van der Waals surface area contributed by atoms with Gasteiger partial charge in [-0.2, -0.15) is 0 Å². The highest BCUT2D eigenvalue weighted by atomic mass is 16.6. The summed E-state index contributed by atoms with van der Waals surface area (Å²) >= 11 is 0. The van der Waals surface area contributed by atoms with Gasteiger partial charge in [-0.1, -0.05) is 38.1 Å². The van der Waals surface area contributed by atoms with Crippen LogP contribution in [0.3, 0.4) is 0 Å². The van der Waals surface area contributed by atoms with E-state index in [9.17, 15) is 19.2 Å². The highest BCUT2D eigenvalue weighted by Crippen LogP contribution is 2.62. The Morgan fingerprint density at radius 1 is 1.00 bits per heavy atom. The Labute approximate surface area is 230 Å². The number of benzene rings is 1. The van der Waals surface area contributed by atoms with Crippen LogP contribution in [-0.2, 0) is 29.2 Å². The zero-order valence-electron chi connectivity index (χ0n) is 24.4. The zero-order valence-corrected chi connectivity index (χ0v) is 24.4. The minimum Gasteiger partial charge on any atom is -0.468 e. The first-order valence-electron chi connectivity index (χ1n) is 13.0. The van der Waals surface area contributed by atoms with E-state index in [1.165, 1.54) is 16.9 Å². The topological polar surface area (TPSA) is 114 Å². The van der Waals surface area contributed by atoms with Gasteiger partial charge in [0.25, 0.3) is 0 Å². The van der Waals surface area contributed by atoms with Crippen molar-refractivity contribution in [2.75, 3.05) is 18.6 Å². The summed E-state index contributed by atoms with van der Waals surface area (Å²) in [5.41, 5.74) is -2.03. The molecule has 1 aromatic rings. The second-order valence-corrected chi connectivity index (χ2v) is 12.5. The average molecular weight is 544 g/mol. The Bertz CT molecular complexity index is 1160. The number of para-hydroxylation sites is 1. The van der Waals surface area contributed by atoms with E-state index in [1.54, 1.807) is 53.7 Å². The van der Waals surface area contributed by atoms with Gasteiger partial charge in [-0.05, 0) is 65.0 Å². The van der Waals surface area contributed by atoms with Gasteiger partial charge in [-0.3, -0.25) is 19.4 Å². The minimum absolute atomic E-state index is 0.138. The van der Waals surface area contributed by atoms with E-state index in [0.29, 0.717) is 5.69 Å². The third kappa shape index (κ3) is 5.46.